The lowest BCUT2D eigenvalue weighted by Crippen LogP contribution is -2.33. The third kappa shape index (κ3) is 6.40. The summed E-state index contributed by atoms with van der Waals surface area (Å²) in [5.41, 5.74) is 1.16. The predicted molar refractivity (Wildman–Crippen MR) is 130 cm³/mol. The minimum Gasteiger partial charge on any atom is -0.390 e. The molecule has 4 atom stereocenters. The molecule has 0 spiro atoms. The van der Waals surface area contributed by atoms with Crippen LogP contribution in [0.25, 0.3) is 0 Å². The Labute approximate surface area is 210 Å². The molecule has 1 aromatic carbocycles. The molecule has 186 valence electrons. The Balaban J connectivity index is 1.47. The van der Waals surface area contributed by atoms with E-state index in [0.29, 0.717) is 16.3 Å². The van der Waals surface area contributed by atoms with E-state index in [0.717, 1.165) is 10.4 Å². The third-order valence-corrected chi connectivity index (χ3v) is 7.41. The number of nitrogens with two attached hydrogens (primary N) is 1. The van der Waals surface area contributed by atoms with Crippen molar-refractivity contribution in [2.24, 2.45) is 11.1 Å². The summed E-state index contributed by atoms with van der Waals surface area (Å²) in [7, 11) is -4.22. The summed E-state index contributed by atoms with van der Waals surface area (Å²) >= 11 is 7.37. The van der Waals surface area contributed by atoms with E-state index in [4.69, 9.17) is 16.7 Å². The summed E-state index contributed by atoms with van der Waals surface area (Å²) in [5.74, 6) is -1.03. The smallest absolute Gasteiger partial charge is 0.333 e. The van der Waals surface area contributed by atoms with Gasteiger partial charge in [-0.1, -0.05) is 23.7 Å². The number of ketones is 1. The molecule has 1 fully saturated rings. The minimum atomic E-state index is -4.22. The highest BCUT2D eigenvalue weighted by Crippen LogP contribution is 2.33. The van der Waals surface area contributed by atoms with Gasteiger partial charge in [-0.05, 0) is 36.2 Å². The van der Waals surface area contributed by atoms with Gasteiger partial charge in [0.2, 0.25) is 5.78 Å². The van der Waals surface area contributed by atoms with Gasteiger partial charge in [0.1, 0.15) is 18.3 Å². The second-order valence-electron chi connectivity index (χ2n) is 8.15. The maximum absolute atomic E-state index is 14.7. The molecule has 1 aliphatic carbocycles. The van der Waals surface area contributed by atoms with Crippen LogP contribution in [-0.2, 0) is 20.9 Å². The topological polar surface area (TPSA) is 144 Å². The molecular weight excluding hydrogens is 519 g/mol. The van der Waals surface area contributed by atoms with Gasteiger partial charge < -0.3 is 10.4 Å². The van der Waals surface area contributed by atoms with Crippen LogP contribution in [0.4, 0.5) is 10.2 Å². The zero-order valence-electron chi connectivity index (χ0n) is 18.2. The molecule has 13 heteroatoms. The number of hydrogen-bond acceptors (Lipinski definition) is 9. The van der Waals surface area contributed by atoms with E-state index >= 15 is 0 Å². The SMILES string of the molecule is NS(=O)(=O)OC[C@H]1CC(Nc2ncncc2C(=O)c2ccc(Cc3cccc(Cl)c3)s2)[C@@H](F)[C@@H]1O. The molecular formula is C22H22ClFN4O5S2. The van der Waals surface area contributed by atoms with Crippen molar-refractivity contribution in [1.29, 1.82) is 0 Å². The first-order valence-electron chi connectivity index (χ1n) is 10.5. The van der Waals surface area contributed by atoms with E-state index < -0.39 is 41.1 Å². The van der Waals surface area contributed by atoms with Crippen molar-refractivity contribution >= 4 is 44.8 Å². The number of nitrogens with one attached hydrogen (secondary N) is 1. The Morgan fingerprint density at radius 2 is 2.14 bits per heavy atom. The Kier molecular flexibility index (Phi) is 7.79. The lowest BCUT2D eigenvalue weighted by Gasteiger charge is -2.18. The lowest BCUT2D eigenvalue weighted by atomic mass is 10.1. The molecule has 0 aliphatic heterocycles. The largest absolute Gasteiger partial charge is 0.390 e. The van der Waals surface area contributed by atoms with Gasteiger partial charge in [-0.25, -0.2) is 19.5 Å². The van der Waals surface area contributed by atoms with E-state index in [9.17, 15) is 22.7 Å². The van der Waals surface area contributed by atoms with E-state index in [1.807, 2.05) is 24.3 Å². The molecule has 2 aromatic heterocycles. The number of benzene rings is 1. The Hall–Kier alpha value is -2.48. The van der Waals surface area contributed by atoms with Crippen LogP contribution in [0, 0.1) is 5.92 Å². The quantitative estimate of drug-likeness (QED) is 0.351. The van der Waals surface area contributed by atoms with Crippen molar-refractivity contribution in [1.82, 2.24) is 9.97 Å². The molecule has 0 bridgehead atoms. The van der Waals surface area contributed by atoms with Gasteiger partial charge in [0.15, 0.2) is 0 Å². The van der Waals surface area contributed by atoms with Crippen molar-refractivity contribution < 1.29 is 26.9 Å². The average Bonchev–Trinajstić information content (AvgIpc) is 3.37. The fourth-order valence-corrected chi connectivity index (χ4v) is 5.52. The van der Waals surface area contributed by atoms with Crippen LogP contribution < -0.4 is 10.5 Å². The average molecular weight is 541 g/mol. The van der Waals surface area contributed by atoms with Gasteiger partial charge in [0, 0.05) is 28.4 Å². The number of carbonyl (C=O) groups excluding carboxylic acids is 1. The van der Waals surface area contributed by atoms with Gasteiger partial charge in [0.05, 0.1) is 29.2 Å². The zero-order valence-corrected chi connectivity index (χ0v) is 20.6. The number of halogens is 2. The van der Waals surface area contributed by atoms with E-state index in [2.05, 4.69) is 19.5 Å². The minimum absolute atomic E-state index is 0.0400. The second-order valence-corrected chi connectivity index (χ2v) is 11.0. The first-order chi connectivity index (χ1) is 16.6. The number of hydrogen-bond donors (Lipinski definition) is 3. The number of alkyl halides is 1. The standard InChI is InChI=1S/C22H22ClFN4O5S2/c23-14-3-1-2-12(6-14)7-15-4-5-18(34-15)21(30)16-9-26-11-27-22(16)28-17-8-13(20(29)19(17)24)10-33-35(25,31)32/h1-6,9,11,13,17,19-20,29H,7-8,10H2,(H2,25,31,32)(H,26,27,28)/t13-,17?,19-,20-/m1/s1. The Morgan fingerprint density at radius 3 is 2.89 bits per heavy atom. The van der Waals surface area contributed by atoms with Crippen LogP contribution in [0.2, 0.25) is 5.02 Å². The van der Waals surface area contributed by atoms with Gasteiger partial charge in [-0.15, -0.1) is 11.3 Å². The predicted octanol–water partition coefficient (Wildman–Crippen LogP) is 2.73. The first kappa shape index (κ1) is 25.6. The lowest BCUT2D eigenvalue weighted by molar-refractivity contribution is 0.0501. The molecule has 9 nitrogen and oxygen atoms in total. The first-order valence-corrected chi connectivity index (χ1v) is 13.2. The highest BCUT2D eigenvalue weighted by atomic mass is 35.5. The number of aromatic nitrogens is 2. The number of aliphatic hydroxyl groups is 1. The number of aliphatic hydroxyl groups excluding tert-OH is 1. The third-order valence-electron chi connectivity index (χ3n) is 5.63. The monoisotopic (exact) mass is 540 g/mol. The normalized spacial score (nSPS) is 22.3. The van der Waals surface area contributed by atoms with E-state index in [1.54, 1.807) is 12.1 Å². The maximum Gasteiger partial charge on any atom is 0.333 e. The Morgan fingerprint density at radius 1 is 1.34 bits per heavy atom. The summed E-state index contributed by atoms with van der Waals surface area (Å²) in [6, 6.07) is 10.1. The van der Waals surface area contributed by atoms with Crippen LogP contribution >= 0.6 is 22.9 Å². The molecule has 1 unspecified atom stereocenters. The van der Waals surface area contributed by atoms with E-state index in [1.165, 1.54) is 23.9 Å². The van der Waals surface area contributed by atoms with Gasteiger partial charge in [-0.3, -0.25) is 8.98 Å². The zero-order chi connectivity index (χ0) is 25.2. The van der Waals surface area contributed by atoms with Crippen LogP contribution in [-0.4, -0.2) is 54.2 Å². The number of carbonyl (C=O) groups is 1. The molecule has 0 saturated heterocycles. The fraction of sp³-hybridized carbons (Fsp3) is 0.318. The van der Waals surface area contributed by atoms with Crippen LogP contribution in [0.3, 0.4) is 0 Å². The van der Waals surface area contributed by atoms with Crippen molar-refractivity contribution in [2.45, 2.75) is 31.2 Å². The van der Waals surface area contributed by atoms with Crippen molar-refractivity contribution in [3.05, 3.63) is 74.8 Å². The second kappa shape index (κ2) is 10.6. The van der Waals surface area contributed by atoms with Crippen molar-refractivity contribution in [3.8, 4) is 0 Å². The summed E-state index contributed by atoms with van der Waals surface area (Å²) in [6.45, 7) is -0.460. The number of nitrogens with zero attached hydrogens (tertiary/aromatic N) is 2. The van der Waals surface area contributed by atoms with Gasteiger partial charge in [0.25, 0.3) is 0 Å². The summed E-state index contributed by atoms with van der Waals surface area (Å²) in [5, 5.41) is 18.5. The van der Waals surface area contributed by atoms with Crippen LogP contribution in [0.1, 0.15) is 32.1 Å². The molecule has 0 radical (unpaired) electrons. The molecule has 1 saturated carbocycles. The highest BCUT2D eigenvalue weighted by Gasteiger charge is 2.44. The van der Waals surface area contributed by atoms with Crippen LogP contribution in [0.5, 0.6) is 0 Å². The molecule has 4 rings (SSSR count). The van der Waals surface area contributed by atoms with Gasteiger partial charge >= 0.3 is 10.3 Å². The van der Waals surface area contributed by atoms with E-state index in [-0.39, 0.29) is 23.6 Å². The molecule has 4 N–H and O–H groups in total. The highest BCUT2D eigenvalue weighted by molar-refractivity contribution is 7.84. The summed E-state index contributed by atoms with van der Waals surface area (Å²) in [4.78, 5) is 22.7. The van der Waals surface area contributed by atoms with Crippen molar-refractivity contribution in [2.75, 3.05) is 11.9 Å². The molecule has 3 aromatic rings. The van der Waals surface area contributed by atoms with Crippen LogP contribution in [0.15, 0.2) is 48.9 Å². The maximum atomic E-state index is 14.7. The fourth-order valence-electron chi connectivity index (χ4n) is 3.94. The summed E-state index contributed by atoms with van der Waals surface area (Å²) < 4.78 is 41.3. The number of anilines is 1. The molecule has 2 heterocycles. The number of rotatable bonds is 9. The summed E-state index contributed by atoms with van der Waals surface area (Å²) in [6.07, 6.45) is 0.000176. The molecule has 0 amide bonds. The Bertz CT molecular complexity index is 1320. The molecule has 35 heavy (non-hydrogen) atoms. The van der Waals surface area contributed by atoms with Gasteiger partial charge in [-0.2, -0.15) is 8.42 Å². The van der Waals surface area contributed by atoms with Crippen molar-refractivity contribution in [3.63, 3.8) is 0 Å². The molecule has 1 aliphatic rings. The number of thiophene rings is 1.